The molecule has 7 rings (SSSR count). The third kappa shape index (κ3) is 0.921. The first-order chi connectivity index (χ1) is 9.87. The van der Waals surface area contributed by atoms with Crippen LogP contribution in [0.2, 0.25) is 0 Å². The Hall–Kier alpha value is -1.14. The summed E-state index contributed by atoms with van der Waals surface area (Å²) in [6.07, 6.45) is 6.32. The Balaban J connectivity index is 1.60. The van der Waals surface area contributed by atoms with Gasteiger partial charge in [0.25, 0.3) is 0 Å². The predicted octanol–water partition coefficient (Wildman–Crippen LogP) is 3.44. The first kappa shape index (κ1) is 10.6. The van der Waals surface area contributed by atoms with Gasteiger partial charge in [0.2, 0.25) is 0 Å². The molecule has 0 N–H and O–H groups in total. The largest absolute Gasteiger partial charge is 0.247 e. The van der Waals surface area contributed by atoms with Crippen molar-refractivity contribution in [3.05, 3.63) is 33.2 Å². The molecule has 0 amide bonds. The molecule has 2 aliphatic heterocycles. The van der Waals surface area contributed by atoms with Crippen LogP contribution in [-0.2, 0) is 11.1 Å². The van der Waals surface area contributed by atoms with E-state index in [1.807, 2.05) is 12.4 Å². The van der Waals surface area contributed by atoms with Crippen LogP contribution in [0.1, 0.15) is 22.9 Å². The molecule has 0 radical (unpaired) electrons. The van der Waals surface area contributed by atoms with Crippen LogP contribution in [0.4, 0.5) is 0 Å². The number of thiazole rings is 2. The van der Waals surface area contributed by atoms with Gasteiger partial charge in [-0.3, -0.25) is 0 Å². The van der Waals surface area contributed by atoms with Gasteiger partial charge in [-0.25, -0.2) is 9.97 Å². The summed E-state index contributed by atoms with van der Waals surface area (Å²) in [6.45, 7) is 0. The number of nitrogens with zero attached hydrogens (tertiary/aromatic N) is 4. The van der Waals surface area contributed by atoms with Crippen molar-refractivity contribution < 1.29 is 0 Å². The van der Waals surface area contributed by atoms with Crippen LogP contribution in [-0.4, -0.2) is 9.97 Å². The second kappa shape index (κ2) is 3.04. The fraction of sp³-hybridized carbons (Fsp3) is 0.571. The van der Waals surface area contributed by atoms with Gasteiger partial charge in [-0.2, -0.15) is 10.2 Å². The lowest BCUT2D eigenvalue weighted by Gasteiger charge is -2.43. The summed E-state index contributed by atoms with van der Waals surface area (Å²) >= 11 is 3.51. The topological polar surface area (TPSA) is 50.5 Å². The summed E-state index contributed by atoms with van der Waals surface area (Å²) in [4.78, 5) is 9.20. The summed E-state index contributed by atoms with van der Waals surface area (Å²) < 4.78 is 0. The van der Waals surface area contributed by atoms with Gasteiger partial charge in [-0.05, 0) is 36.5 Å². The van der Waals surface area contributed by atoms with Gasteiger partial charge >= 0.3 is 0 Å². The van der Waals surface area contributed by atoms with Crippen LogP contribution in [0.5, 0.6) is 0 Å². The summed E-state index contributed by atoms with van der Waals surface area (Å²) in [5.41, 5.74) is -0.134. The molecule has 2 unspecified atom stereocenters. The molecule has 6 atom stereocenters. The summed E-state index contributed by atoms with van der Waals surface area (Å²) in [7, 11) is 0. The molecule has 0 aromatic carbocycles. The quantitative estimate of drug-likeness (QED) is 0.853. The van der Waals surface area contributed by atoms with E-state index in [2.05, 4.69) is 20.7 Å². The third-order valence-electron chi connectivity index (χ3n) is 5.77. The maximum Gasteiger partial charge on any atom is 0.139 e. The van der Waals surface area contributed by atoms with E-state index in [0.29, 0.717) is 23.7 Å². The van der Waals surface area contributed by atoms with E-state index < -0.39 is 0 Å². The first-order valence-corrected chi connectivity index (χ1v) is 8.87. The van der Waals surface area contributed by atoms with Gasteiger partial charge in [-0.15, -0.1) is 22.7 Å². The van der Waals surface area contributed by atoms with E-state index in [-0.39, 0.29) is 11.1 Å². The van der Waals surface area contributed by atoms with E-state index in [0.717, 1.165) is 0 Å². The molecule has 100 valence electrons. The Labute approximate surface area is 124 Å². The standard InChI is InChI=1S/C14H12N4S2/c1-3-19-11(15-1)13-7-5-9(7)14(18-17-13,10-6-8(10)13)12-16-2-4-20-12/h1-4,7-10H,5-6H2/t7-,8+,9+,10-,13?,14?. The number of hydrogen-bond acceptors (Lipinski definition) is 6. The van der Waals surface area contributed by atoms with Gasteiger partial charge in [0.1, 0.15) is 21.1 Å². The normalized spacial score (nSPS) is 49.8. The zero-order chi connectivity index (χ0) is 12.9. The van der Waals surface area contributed by atoms with Crippen LogP contribution >= 0.6 is 22.7 Å². The molecule has 2 bridgehead atoms. The summed E-state index contributed by atoms with van der Waals surface area (Å²) in [5, 5.41) is 16.3. The molecule has 3 fully saturated rings. The Bertz CT molecular complexity index is 642. The minimum atomic E-state index is -0.0670. The monoisotopic (exact) mass is 300 g/mol. The van der Waals surface area contributed by atoms with E-state index in [1.54, 1.807) is 22.7 Å². The van der Waals surface area contributed by atoms with E-state index >= 15 is 0 Å². The maximum atomic E-state index is 4.88. The van der Waals surface area contributed by atoms with Crippen molar-refractivity contribution in [2.24, 2.45) is 33.9 Å². The molecular formula is C14H12N4S2. The predicted molar refractivity (Wildman–Crippen MR) is 75.6 cm³/mol. The van der Waals surface area contributed by atoms with Crippen molar-refractivity contribution >= 4 is 22.7 Å². The molecule has 2 aromatic rings. The van der Waals surface area contributed by atoms with Crippen molar-refractivity contribution in [2.45, 2.75) is 23.9 Å². The Morgan fingerprint density at radius 1 is 0.800 bits per heavy atom. The third-order valence-corrected chi connectivity index (χ3v) is 7.60. The summed E-state index contributed by atoms with van der Waals surface area (Å²) in [5.74, 6) is 2.61. The van der Waals surface area contributed by atoms with Gasteiger partial charge in [0, 0.05) is 23.2 Å². The first-order valence-electron chi connectivity index (χ1n) is 7.11. The van der Waals surface area contributed by atoms with Crippen molar-refractivity contribution in [2.75, 3.05) is 0 Å². The van der Waals surface area contributed by atoms with Crippen molar-refractivity contribution in [3.63, 3.8) is 0 Å². The Morgan fingerprint density at radius 2 is 1.25 bits per heavy atom. The molecule has 6 heteroatoms. The molecule has 20 heavy (non-hydrogen) atoms. The van der Waals surface area contributed by atoms with E-state index in [9.17, 15) is 0 Å². The van der Waals surface area contributed by atoms with Crippen LogP contribution in [0.25, 0.3) is 0 Å². The summed E-state index contributed by atoms with van der Waals surface area (Å²) in [6, 6.07) is 0. The fourth-order valence-electron chi connectivity index (χ4n) is 4.91. The molecule has 3 aliphatic carbocycles. The minimum Gasteiger partial charge on any atom is -0.247 e. The molecule has 5 aliphatic rings. The Morgan fingerprint density at radius 3 is 1.60 bits per heavy atom. The lowest BCUT2D eigenvalue weighted by atomic mass is 9.72. The number of azo groups is 1. The van der Waals surface area contributed by atoms with E-state index in [1.165, 1.54) is 22.9 Å². The van der Waals surface area contributed by atoms with Crippen molar-refractivity contribution in [3.8, 4) is 0 Å². The maximum absolute atomic E-state index is 4.88. The minimum absolute atomic E-state index is 0.0670. The Kier molecular flexibility index (Phi) is 1.61. The van der Waals surface area contributed by atoms with Crippen LogP contribution in [0.3, 0.4) is 0 Å². The second-order valence-corrected chi connectivity index (χ2v) is 8.21. The molecule has 4 nitrogen and oxygen atoms in total. The van der Waals surface area contributed by atoms with Crippen molar-refractivity contribution in [1.82, 2.24) is 9.97 Å². The molecule has 2 aromatic heterocycles. The second-order valence-electron chi connectivity index (χ2n) is 6.42. The van der Waals surface area contributed by atoms with Gasteiger partial charge in [-0.1, -0.05) is 0 Å². The van der Waals surface area contributed by atoms with Crippen LogP contribution in [0.15, 0.2) is 33.4 Å². The van der Waals surface area contributed by atoms with Gasteiger partial charge in [0.15, 0.2) is 0 Å². The lowest BCUT2D eigenvalue weighted by Crippen LogP contribution is -2.47. The molecule has 3 saturated carbocycles. The van der Waals surface area contributed by atoms with Crippen LogP contribution < -0.4 is 0 Å². The smallest absolute Gasteiger partial charge is 0.139 e. The highest BCUT2D eigenvalue weighted by atomic mass is 32.1. The molecule has 4 heterocycles. The van der Waals surface area contributed by atoms with E-state index in [4.69, 9.17) is 10.2 Å². The highest BCUT2D eigenvalue weighted by molar-refractivity contribution is 7.10. The van der Waals surface area contributed by atoms with Gasteiger partial charge in [0.05, 0.1) is 0 Å². The molecule has 0 saturated heterocycles. The van der Waals surface area contributed by atoms with Crippen molar-refractivity contribution in [1.29, 1.82) is 0 Å². The SMILES string of the molecule is c1csc(C23N=NC(c4nccs4)([C@@H]4C[C@@H]42)[C@H]2C[C@H]23)n1. The number of rotatable bonds is 2. The lowest BCUT2D eigenvalue weighted by molar-refractivity contribution is 0.109. The average molecular weight is 300 g/mol. The zero-order valence-corrected chi connectivity index (χ0v) is 12.3. The van der Waals surface area contributed by atoms with Crippen LogP contribution in [0, 0.1) is 23.7 Å². The molecular weight excluding hydrogens is 288 g/mol. The molecule has 0 spiro atoms. The van der Waals surface area contributed by atoms with Gasteiger partial charge < -0.3 is 0 Å². The fourth-order valence-corrected chi connectivity index (χ4v) is 6.72. The number of hydrogen-bond donors (Lipinski definition) is 0. The highest BCUT2D eigenvalue weighted by Crippen LogP contribution is 2.82. The zero-order valence-electron chi connectivity index (χ0n) is 10.6. The highest BCUT2D eigenvalue weighted by Gasteiger charge is 2.83. The number of aromatic nitrogens is 2. The average Bonchev–Trinajstić information content (AvgIpc) is 3.34.